The van der Waals surface area contributed by atoms with E-state index >= 15 is 0 Å². The van der Waals surface area contributed by atoms with Crippen molar-refractivity contribution in [3.05, 3.63) is 130 Å². The predicted molar refractivity (Wildman–Crippen MR) is 185 cm³/mol. The number of allylic oxidation sites excluding steroid dienone is 21. The van der Waals surface area contributed by atoms with Gasteiger partial charge in [0.1, 0.15) is 6.10 Å². The molecule has 43 heavy (non-hydrogen) atoms. The van der Waals surface area contributed by atoms with Crippen LogP contribution in [0.1, 0.15) is 94.9 Å². The molecule has 1 atom stereocenters. The van der Waals surface area contributed by atoms with E-state index in [1.165, 1.54) is 41.6 Å². The Morgan fingerprint density at radius 1 is 0.651 bits per heavy atom. The van der Waals surface area contributed by atoms with E-state index in [2.05, 4.69) is 96.2 Å². The third-order valence-corrected chi connectivity index (χ3v) is 8.69. The summed E-state index contributed by atoms with van der Waals surface area (Å²) >= 11 is 0. The van der Waals surface area contributed by atoms with E-state index in [0.29, 0.717) is 5.57 Å². The fraction of sp³-hybridized carbons (Fsp3) is 0.450. The minimum absolute atomic E-state index is 0.268. The van der Waals surface area contributed by atoms with Crippen LogP contribution in [0.15, 0.2) is 130 Å². The fourth-order valence-electron chi connectivity index (χ4n) is 5.82. The molecule has 0 aromatic rings. The lowest BCUT2D eigenvalue weighted by molar-refractivity contribution is -0.210. The van der Waals surface area contributed by atoms with Crippen LogP contribution in [0.4, 0.5) is 0 Å². The lowest BCUT2D eigenvalue weighted by Crippen LogP contribution is -2.50. The van der Waals surface area contributed by atoms with Crippen molar-refractivity contribution in [1.29, 1.82) is 0 Å². The molecule has 3 nitrogen and oxygen atoms in total. The van der Waals surface area contributed by atoms with E-state index in [4.69, 9.17) is 0 Å². The highest BCUT2D eigenvalue weighted by Gasteiger charge is 2.46. The van der Waals surface area contributed by atoms with Crippen molar-refractivity contribution >= 4 is 0 Å². The molecule has 1 unspecified atom stereocenters. The first-order chi connectivity index (χ1) is 20.0. The monoisotopic (exact) mass is 584 g/mol. The van der Waals surface area contributed by atoms with Crippen LogP contribution in [-0.2, 0) is 0 Å². The molecule has 234 valence electrons. The normalized spacial score (nSPS) is 24.3. The van der Waals surface area contributed by atoms with E-state index in [1.54, 1.807) is 6.92 Å². The SMILES string of the molecule is CC1=C(/C=C/C(C)=C/C=C/C(C)=C/C=C/C=C(C)/C=C/C=C(C)/C=C/C2=C(C)C(O)(O)C(O)CC2(C)C)C(C)(C)CCC1. The molecule has 3 N–H and O–H groups in total. The van der Waals surface area contributed by atoms with Crippen molar-refractivity contribution in [2.45, 2.75) is 107 Å². The summed E-state index contributed by atoms with van der Waals surface area (Å²) in [7, 11) is 0. The van der Waals surface area contributed by atoms with Crippen molar-refractivity contribution in [3.8, 4) is 0 Å². The van der Waals surface area contributed by atoms with Gasteiger partial charge in [0.05, 0.1) is 0 Å². The van der Waals surface area contributed by atoms with Crippen LogP contribution in [0.25, 0.3) is 0 Å². The standard InChI is InChI=1S/C40H56O3/c1-29(18-13-20-31(3)23-25-35-33(5)22-15-27-38(35,7)8)16-11-12-17-30(2)19-14-21-32(4)24-26-36-34(6)40(42,43)37(41)28-39(36,9)10/h11-14,16-21,23-26,37,41-43H,15,22,27-28H2,1-10H3/b12-11+,18-13+,19-14+,25-23+,26-24+,29-16+,30-17+,31-20+,32-21+. The van der Waals surface area contributed by atoms with Crippen LogP contribution in [0.3, 0.4) is 0 Å². The molecule has 0 saturated carbocycles. The van der Waals surface area contributed by atoms with Gasteiger partial charge in [0, 0.05) is 0 Å². The lowest BCUT2D eigenvalue weighted by atomic mass is 9.69. The van der Waals surface area contributed by atoms with Crippen molar-refractivity contribution in [1.82, 2.24) is 0 Å². The van der Waals surface area contributed by atoms with Gasteiger partial charge in [0.25, 0.3) is 0 Å². The summed E-state index contributed by atoms with van der Waals surface area (Å²) in [5.74, 6) is -2.19. The molecule has 2 aliphatic carbocycles. The molecule has 0 aromatic carbocycles. The van der Waals surface area contributed by atoms with Crippen LogP contribution in [0.5, 0.6) is 0 Å². The van der Waals surface area contributed by atoms with E-state index in [-0.39, 0.29) is 17.3 Å². The molecule has 0 heterocycles. The maximum atomic E-state index is 10.3. The number of hydrogen-bond acceptors (Lipinski definition) is 3. The molecule has 2 aliphatic rings. The predicted octanol–water partition coefficient (Wildman–Crippen LogP) is 9.87. The summed E-state index contributed by atoms with van der Waals surface area (Å²) in [6, 6.07) is 0. The largest absolute Gasteiger partial charge is 0.387 e. The van der Waals surface area contributed by atoms with Crippen molar-refractivity contribution in [2.75, 3.05) is 0 Å². The molecular weight excluding hydrogens is 528 g/mol. The first kappa shape index (κ1) is 36.2. The van der Waals surface area contributed by atoms with Crippen LogP contribution in [0, 0.1) is 10.8 Å². The van der Waals surface area contributed by atoms with Crippen LogP contribution >= 0.6 is 0 Å². The summed E-state index contributed by atoms with van der Waals surface area (Å²) in [4.78, 5) is 0. The summed E-state index contributed by atoms with van der Waals surface area (Å²) in [6.07, 6.45) is 32.1. The third kappa shape index (κ3) is 10.9. The van der Waals surface area contributed by atoms with Gasteiger partial charge in [-0.1, -0.05) is 141 Å². The zero-order valence-electron chi connectivity index (χ0n) is 28.3. The molecule has 3 heteroatoms. The second kappa shape index (κ2) is 15.7. The molecule has 0 aliphatic heterocycles. The lowest BCUT2D eigenvalue weighted by Gasteiger charge is -2.42. The van der Waals surface area contributed by atoms with Gasteiger partial charge in [-0.2, -0.15) is 0 Å². The Kier molecular flexibility index (Phi) is 13.2. The first-order valence-corrected chi connectivity index (χ1v) is 15.6. The van der Waals surface area contributed by atoms with E-state index in [0.717, 1.165) is 16.7 Å². The Balaban J connectivity index is 1.94. The second-order valence-corrected chi connectivity index (χ2v) is 13.7. The minimum Gasteiger partial charge on any atom is -0.387 e. The Morgan fingerprint density at radius 3 is 1.58 bits per heavy atom. The molecule has 0 aromatic heterocycles. The quantitative estimate of drug-likeness (QED) is 0.177. The average Bonchev–Trinajstić information content (AvgIpc) is 2.89. The Labute approximate surface area is 262 Å². The molecule has 0 amide bonds. The van der Waals surface area contributed by atoms with Crippen LogP contribution in [-0.4, -0.2) is 27.2 Å². The Bertz CT molecular complexity index is 1340. The minimum atomic E-state index is -2.19. The number of aliphatic hydroxyl groups is 3. The van der Waals surface area contributed by atoms with E-state index in [9.17, 15) is 15.3 Å². The Morgan fingerprint density at radius 2 is 1.09 bits per heavy atom. The average molecular weight is 585 g/mol. The highest BCUT2D eigenvalue weighted by Crippen LogP contribution is 2.44. The van der Waals surface area contributed by atoms with Gasteiger partial charge in [-0.3, -0.25) is 0 Å². The molecule has 0 fully saturated rings. The van der Waals surface area contributed by atoms with E-state index in [1.807, 2.05) is 51.2 Å². The topological polar surface area (TPSA) is 60.7 Å². The first-order valence-electron chi connectivity index (χ1n) is 15.6. The van der Waals surface area contributed by atoms with Gasteiger partial charge in [-0.25, -0.2) is 0 Å². The molecule has 0 bridgehead atoms. The van der Waals surface area contributed by atoms with Crippen molar-refractivity contribution < 1.29 is 15.3 Å². The number of rotatable bonds is 10. The van der Waals surface area contributed by atoms with Gasteiger partial charge in [0.15, 0.2) is 0 Å². The molecular formula is C40H56O3. The summed E-state index contributed by atoms with van der Waals surface area (Å²) in [5.41, 5.74) is 8.78. The molecule has 0 spiro atoms. The van der Waals surface area contributed by atoms with Gasteiger partial charge in [-0.05, 0) is 94.8 Å². The molecule has 0 saturated heterocycles. The van der Waals surface area contributed by atoms with Gasteiger partial charge >= 0.3 is 0 Å². The zero-order valence-corrected chi connectivity index (χ0v) is 28.3. The van der Waals surface area contributed by atoms with Crippen molar-refractivity contribution in [2.24, 2.45) is 10.8 Å². The molecule has 0 radical (unpaired) electrons. The van der Waals surface area contributed by atoms with Gasteiger partial charge in [-0.15, -0.1) is 0 Å². The second-order valence-electron chi connectivity index (χ2n) is 13.7. The molecule has 2 rings (SSSR count). The summed E-state index contributed by atoms with van der Waals surface area (Å²) in [5, 5.41) is 30.7. The van der Waals surface area contributed by atoms with Gasteiger partial charge < -0.3 is 15.3 Å². The fourth-order valence-corrected chi connectivity index (χ4v) is 5.82. The van der Waals surface area contributed by atoms with Crippen LogP contribution < -0.4 is 0 Å². The summed E-state index contributed by atoms with van der Waals surface area (Å²) in [6.45, 7) is 21.0. The highest BCUT2D eigenvalue weighted by atomic mass is 16.5. The van der Waals surface area contributed by atoms with Gasteiger partial charge in [0.2, 0.25) is 5.79 Å². The summed E-state index contributed by atoms with van der Waals surface area (Å²) < 4.78 is 0. The zero-order chi connectivity index (χ0) is 32.4. The van der Waals surface area contributed by atoms with E-state index < -0.39 is 11.9 Å². The highest BCUT2D eigenvalue weighted by molar-refractivity contribution is 5.41. The van der Waals surface area contributed by atoms with Crippen LogP contribution in [0.2, 0.25) is 0 Å². The maximum absolute atomic E-state index is 10.3. The Hall–Kier alpha value is -2.98. The third-order valence-electron chi connectivity index (χ3n) is 8.69. The maximum Gasteiger partial charge on any atom is 0.213 e. The smallest absolute Gasteiger partial charge is 0.213 e. The number of hydrogen-bond donors (Lipinski definition) is 3. The van der Waals surface area contributed by atoms with Crippen molar-refractivity contribution in [3.63, 3.8) is 0 Å². The number of aliphatic hydroxyl groups excluding tert-OH is 1.